The average Bonchev–Trinajstić information content (AvgIpc) is 3.88. The Hall–Kier alpha value is -7.18. The van der Waals surface area contributed by atoms with Crippen LogP contribution in [0.5, 0.6) is 0 Å². The van der Waals surface area contributed by atoms with Crippen molar-refractivity contribution in [2.24, 2.45) is 0 Å². The Labute approximate surface area is 351 Å². The molecule has 0 amide bonds. The second kappa shape index (κ2) is 15.0. The van der Waals surface area contributed by atoms with E-state index < -0.39 is 0 Å². The van der Waals surface area contributed by atoms with Gasteiger partial charge in [-0.25, -0.2) is 0 Å². The molecule has 0 bridgehead atoms. The van der Waals surface area contributed by atoms with Crippen LogP contribution in [0.1, 0.15) is 0 Å². The van der Waals surface area contributed by atoms with E-state index in [2.05, 4.69) is 239 Å². The summed E-state index contributed by atoms with van der Waals surface area (Å²) in [5.41, 5.74) is 10.1. The molecule has 11 aromatic rings. The van der Waals surface area contributed by atoms with E-state index in [1.54, 1.807) is 0 Å². The van der Waals surface area contributed by atoms with Gasteiger partial charge in [-0.1, -0.05) is 127 Å². The van der Waals surface area contributed by atoms with Crippen LogP contribution in [0.15, 0.2) is 224 Å². The third-order valence-electron chi connectivity index (χ3n) is 11.0. The second-order valence-corrected chi connectivity index (χ2v) is 16.7. The molecule has 0 aliphatic carbocycles. The van der Waals surface area contributed by atoms with Crippen LogP contribution in [-0.4, -0.2) is 0 Å². The zero-order valence-electron chi connectivity index (χ0n) is 32.0. The molecule has 0 radical (unpaired) electrons. The SMILES string of the molecule is c1ccc(N(c2ccccc2)c2cccc3c2sc2cccc(N(c4ccccc4)c4cc(N(c5ccccc5)c5ccccc5)c5c(c4)sc4ccccc45)c23)cc1. The van der Waals surface area contributed by atoms with Crippen LogP contribution in [0.2, 0.25) is 0 Å². The molecule has 0 aliphatic heterocycles. The van der Waals surface area contributed by atoms with Gasteiger partial charge in [0.25, 0.3) is 0 Å². The molecule has 59 heavy (non-hydrogen) atoms. The minimum Gasteiger partial charge on any atom is -0.310 e. The Kier molecular flexibility index (Phi) is 8.88. The van der Waals surface area contributed by atoms with Crippen LogP contribution in [0.4, 0.5) is 51.2 Å². The van der Waals surface area contributed by atoms with Gasteiger partial charge >= 0.3 is 0 Å². The molecule has 0 saturated heterocycles. The molecule has 0 atom stereocenters. The summed E-state index contributed by atoms with van der Waals surface area (Å²) in [6.07, 6.45) is 0. The summed E-state index contributed by atoms with van der Waals surface area (Å²) >= 11 is 3.72. The highest BCUT2D eigenvalue weighted by Gasteiger charge is 2.25. The number of rotatable bonds is 9. The zero-order valence-corrected chi connectivity index (χ0v) is 33.7. The van der Waals surface area contributed by atoms with Gasteiger partial charge in [-0.2, -0.15) is 0 Å². The van der Waals surface area contributed by atoms with E-state index in [0.717, 1.165) is 51.2 Å². The summed E-state index contributed by atoms with van der Waals surface area (Å²) in [5.74, 6) is 0. The van der Waals surface area contributed by atoms with E-state index in [0.29, 0.717) is 0 Å². The van der Waals surface area contributed by atoms with E-state index in [4.69, 9.17) is 0 Å². The van der Waals surface area contributed by atoms with Gasteiger partial charge in [0.05, 0.1) is 21.8 Å². The molecule has 0 saturated carbocycles. The van der Waals surface area contributed by atoms with Crippen molar-refractivity contribution in [2.75, 3.05) is 14.7 Å². The number of benzene rings is 9. The van der Waals surface area contributed by atoms with Crippen molar-refractivity contribution in [1.82, 2.24) is 0 Å². The van der Waals surface area contributed by atoms with Gasteiger partial charge in [-0.15, -0.1) is 22.7 Å². The van der Waals surface area contributed by atoms with E-state index in [1.165, 1.54) is 40.3 Å². The Morgan fingerprint density at radius 1 is 0.254 bits per heavy atom. The number of hydrogen-bond donors (Lipinski definition) is 0. The summed E-state index contributed by atoms with van der Waals surface area (Å²) in [5, 5.41) is 4.98. The first kappa shape index (κ1) is 35.0. The van der Waals surface area contributed by atoms with Crippen molar-refractivity contribution in [3.63, 3.8) is 0 Å². The Morgan fingerprint density at radius 3 is 1.22 bits per heavy atom. The Morgan fingerprint density at radius 2 is 0.661 bits per heavy atom. The maximum atomic E-state index is 2.47. The van der Waals surface area contributed by atoms with Gasteiger partial charge in [-0.05, 0) is 97.1 Å². The molecule has 280 valence electrons. The maximum Gasteiger partial charge on any atom is 0.0640 e. The summed E-state index contributed by atoms with van der Waals surface area (Å²) < 4.78 is 5.00. The molecule has 3 nitrogen and oxygen atoms in total. The zero-order chi connectivity index (χ0) is 39.1. The van der Waals surface area contributed by atoms with E-state index >= 15 is 0 Å². The monoisotopic (exact) mass is 791 g/mol. The van der Waals surface area contributed by atoms with Crippen molar-refractivity contribution in [1.29, 1.82) is 0 Å². The van der Waals surface area contributed by atoms with Crippen LogP contribution >= 0.6 is 22.7 Å². The molecule has 0 spiro atoms. The van der Waals surface area contributed by atoms with Crippen molar-refractivity contribution in [2.45, 2.75) is 0 Å². The standard InChI is InChI=1S/C54H37N3S2/c1-6-20-38(21-7-1)55(39-22-8-2-9-23-39)47-33-18-31-45-53-46(32-19-35-50(53)59-54(45)47)57(42-28-14-5-15-29-42)43-36-48(52-44-30-16-17-34-49(44)58-51(52)37-43)56(40-24-10-3-11-25-40)41-26-12-4-13-27-41/h1-37H. The number of anilines is 9. The van der Waals surface area contributed by atoms with E-state index in [-0.39, 0.29) is 0 Å². The van der Waals surface area contributed by atoms with Crippen LogP contribution < -0.4 is 14.7 Å². The van der Waals surface area contributed by atoms with Crippen molar-refractivity contribution in [3.05, 3.63) is 224 Å². The van der Waals surface area contributed by atoms with Crippen molar-refractivity contribution < 1.29 is 0 Å². The van der Waals surface area contributed by atoms with Crippen LogP contribution in [0, 0.1) is 0 Å². The molecule has 0 fully saturated rings. The summed E-state index contributed by atoms with van der Waals surface area (Å²) in [4.78, 5) is 7.27. The fourth-order valence-electron chi connectivity index (χ4n) is 8.47. The number of para-hydroxylation sites is 5. The molecule has 0 aliphatic rings. The molecule has 5 heteroatoms. The minimum atomic E-state index is 1.10. The van der Waals surface area contributed by atoms with Crippen molar-refractivity contribution >= 4 is 114 Å². The number of nitrogens with zero attached hydrogens (tertiary/aromatic N) is 3. The Bertz CT molecular complexity index is 3140. The molecular weight excluding hydrogens is 755 g/mol. The lowest BCUT2D eigenvalue weighted by molar-refractivity contribution is 1.27. The first-order valence-corrected chi connectivity index (χ1v) is 21.5. The largest absolute Gasteiger partial charge is 0.310 e. The van der Waals surface area contributed by atoms with E-state index in [9.17, 15) is 0 Å². The lowest BCUT2D eigenvalue weighted by Gasteiger charge is -2.30. The lowest BCUT2D eigenvalue weighted by atomic mass is 10.0. The third-order valence-corrected chi connectivity index (χ3v) is 13.3. The van der Waals surface area contributed by atoms with Gasteiger partial charge < -0.3 is 14.7 Å². The topological polar surface area (TPSA) is 9.72 Å². The second-order valence-electron chi connectivity index (χ2n) is 14.5. The molecule has 0 N–H and O–H groups in total. The van der Waals surface area contributed by atoms with Gasteiger partial charge in [0.15, 0.2) is 0 Å². The molecule has 11 rings (SSSR count). The highest BCUT2D eigenvalue weighted by Crippen LogP contribution is 2.52. The first-order chi connectivity index (χ1) is 29.3. The molecule has 0 unspecified atom stereocenters. The quantitative estimate of drug-likeness (QED) is 0.144. The number of thiophene rings is 2. The van der Waals surface area contributed by atoms with Gasteiger partial charge in [0.2, 0.25) is 0 Å². The molecule has 2 aromatic heterocycles. The molecular formula is C54H37N3S2. The average molecular weight is 792 g/mol. The predicted molar refractivity (Wildman–Crippen MR) is 256 cm³/mol. The fraction of sp³-hybridized carbons (Fsp3) is 0. The summed E-state index contributed by atoms with van der Waals surface area (Å²) in [6, 6.07) is 80.9. The van der Waals surface area contributed by atoms with Gasteiger partial charge in [-0.3, -0.25) is 0 Å². The predicted octanol–water partition coefficient (Wildman–Crippen LogP) is 16.8. The lowest BCUT2D eigenvalue weighted by Crippen LogP contribution is -2.13. The van der Waals surface area contributed by atoms with Gasteiger partial charge in [0.1, 0.15) is 0 Å². The minimum absolute atomic E-state index is 1.10. The third kappa shape index (κ3) is 6.20. The van der Waals surface area contributed by atoms with Crippen LogP contribution in [-0.2, 0) is 0 Å². The van der Waals surface area contributed by atoms with E-state index in [1.807, 2.05) is 22.7 Å². The fourth-order valence-corrected chi connectivity index (χ4v) is 10.9. The molecule has 2 heterocycles. The smallest absolute Gasteiger partial charge is 0.0640 e. The number of fused-ring (bicyclic) bond motifs is 6. The maximum absolute atomic E-state index is 2.47. The number of hydrogen-bond acceptors (Lipinski definition) is 5. The molecule has 9 aromatic carbocycles. The summed E-state index contributed by atoms with van der Waals surface area (Å²) in [6.45, 7) is 0. The normalized spacial score (nSPS) is 11.4. The van der Waals surface area contributed by atoms with Crippen LogP contribution in [0.3, 0.4) is 0 Å². The first-order valence-electron chi connectivity index (χ1n) is 19.9. The highest BCUT2D eigenvalue weighted by molar-refractivity contribution is 7.26. The Balaban J connectivity index is 1.19. The van der Waals surface area contributed by atoms with Gasteiger partial charge in [0, 0.05) is 69.8 Å². The van der Waals surface area contributed by atoms with Crippen LogP contribution in [0.25, 0.3) is 40.3 Å². The van der Waals surface area contributed by atoms with Crippen molar-refractivity contribution in [3.8, 4) is 0 Å². The highest BCUT2D eigenvalue weighted by atomic mass is 32.1. The summed E-state index contributed by atoms with van der Waals surface area (Å²) in [7, 11) is 0.